The van der Waals surface area contributed by atoms with Crippen LogP contribution in [-0.4, -0.2) is 54.6 Å². The maximum atomic E-state index is 12.7. The number of nitrogens with zero attached hydrogens (tertiary/aromatic N) is 2. The molecule has 1 aliphatic carbocycles. The molecule has 0 saturated carbocycles. The van der Waals surface area contributed by atoms with Crippen molar-refractivity contribution < 1.29 is 4.79 Å². The number of hydrogen-bond donors (Lipinski definition) is 1. The van der Waals surface area contributed by atoms with E-state index in [0.717, 1.165) is 56.0 Å². The van der Waals surface area contributed by atoms with Crippen LogP contribution in [0.1, 0.15) is 25.3 Å². The van der Waals surface area contributed by atoms with Gasteiger partial charge in [-0.05, 0) is 49.8 Å². The molecule has 1 fully saturated rings. The highest BCUT2D eigenvalue weighted by Gasteiger charge is 2.30. The molecule has 0 aromatic heterocycles. The van der Waals surface area contributed by atoms with Gasteiger partial charge in [-0.1, -0.05) is 48.0 Å². The third-order valence-corrected chi connectivity index (χ3v) is 5.67. The molecule has 1 heterocycles. The predicted octanol–water partition coefficient (Wildman–Crippen LogP) is 4.12. The van der Waals surface area contributed by atoms with Crippen LogP contribution in [0.25, 0.3) is 0 Å². The Morgan fingerprint density at radius 3 is 3.00 bits per heavy atom. The van der Waals surface area contributed by atoms with E-state index < -0.39 is 0 Å². The Morgan fingerprint density at radius 1 is 1.37 bits per heavy atom. The van der Waals surface area contributed by atoms with E-state index in [1.165, 1.54) is 0 Å². The summed E-state index contributed by atoms with van der Waals surface area (Å²) in [5.74, 6) is 0.607. The lowest BCUT2D eigenvalue weighted by Crippen LogP contribution is -2.47. The molecule has 4 nitrogen and oxygen atoms in total. The highest BCUT2D eigenvalue weighted by Crippen LogP contribution is 2.20. The molecule has 1 aliphatic heterocycles. The number of carbonyl (C=O) groups excluding carboxylic acids is 1. The average molecular weight is 388 g/mol. The van der Waals surface area contributed by atoms with Crippen molar-refractivity contribution >= 4 is 17.6 Å². The van der Waals surface area contributed by atoms with Crippen LogP contribution in [0, 0.1) is 5.92 Å². The number of urea groups is 1. The Kier molecular flexibility index (Phi) is 7.36. The van der Waals surface area contributed by atoms with Crippen LogP contribution in [0.2, 0.25) is 5.02 Å². The molecule has 1 aromatic rings. The number of halogens is 1. The third kappa shape index (κ3) is 5.85. The van der Waals surface area contributed by atoms with E-state index in [4.69, 9.17) is 11.6 Å². The summed E-state index contributed by atoms with van der Waals surface area (Å²) in [6.07, 6.45) is 11.8. The number of benzene rings is 1. The van der Waals surface area contributed by atoms with Gasteiger partial charge in [0.05, 0.1) is 0 Å². The molecule has 146 valence electrons. The maximum Gasteiger partial charge on any atom is 0.317 e. The van der Waals surface area contributed by atoms with Crippen LogP contribution in [0.15, 0.2) is 48.6 Å². The van der Waals surface area contributed by atoms with Crippen molar-refractivity contribution in [3.63, 3.8) is 0 Å². The molecule has 2 aliphatic rings. The molecule has 2 unspecified atom stereocenters. The van der Waals surface area contributed by atoms with Crippen molar-refractivity contribution in [3.05, 3.63) is 59.2 Å². The van der Waals surface area contributed by atoms with Crippen molar-refractivity contribution in [2.45, 2.75) is 32.2 Å². The Morgan fingerprint density at radius 2 is 2.26 bits per heavy atom. The van der Waals surface area contributed by atoms with Crippen molar-refractivity contribution in [2.24, 2.45) is 5.92 Å². The van der Waals surface area contributed by atoms with Gasteiger partial charge in [-0.2, -0.15) is 0 Å². The first-order valence-electron chi connectivity index (χ1n) is 10.00. The Bertz CT molecular complexity index is 688. The van der Waals surface area contributed by atoms with E-state index >= 15 is 0 Å². The predicted molar refractivity (Wildman–Crippen MR) is 112 cm³/mol. The second-order valence-corrected chi connectivity index (χ2v) is 7.85. The number of rotatable bonds is 7. The van der Waals surface area contributed by atoms with Crippen LogP contribution in [0.5, 0.6) is 0 Å². The Balaban J connectivity index is 1.44. The normalized spacial score (nSPS) is 22.1. The van der Waals surface area contributed by atoms with Gasteiger partial charge in [0.25, 0.3) is 0 Å². The van der Waals surface area contributed by atoms with Gasteiger partial charge in [0.15, 0.2) is 0 Å². The van der Waals surface area contributed by atoms with Gasteiger partial charge in [0.2, 0.25) is 0 Å². The fourth-order valence-electron chi connectivity index (χ4n) is 4.01. The summed E-state index contributed by atoms with van der Waals surface area (Å²) < 4.78 is 0. The van der Waals surface area contributed by atoms with Gasteiger partial charge >= 0.3 is 6.03 Å². The first kappa shape index (κ1) is 20.0. The van der Waals surface area contributed by atoms with Crippen LogP contribution in [0.3, 0.4) is 0 Å². The lowest BCUT2D eigenvalue weighted by atomic mass is 10.0. The zero-order valence-corrected chi connectivity index (χ0v) is 16.9. The number of carbonyl (C=O) groups is 1. The minimum atomic E-state index is 0.0480. The summed E-state index contributed by atoms with van der Waals surface area (Å²) in [6, 6.07) is 8.17. The molecule has 3 rings (SSSR count). The van der Waals surface area contributed by atoms with Gasteiger partial charge in [0.1, 0.15) is 0 Å². The minimum absolute atomic E-state index is 0.0480. The van der Waals surface area contributed by atoms with E-state index in [-0.39, 0.29) is 6.03 Å². The fraction of sp³-hybridized carbons (Fsp3) is 0.500. The number of nitrogens with one attached hydrogen (secondary N) is 1. The minimum Gasteiger partial charge on any atom is -0.338 e. The van der Waals surface area contributed by atoms with E-state index in [1.54, 1.807) is 0 Å². The highest BCUT2D eigenvalue weighted by molar-refractivity contribution is 6.30. The molecule has 1 aromatic carbocycles. The highest BCUT2D eigenvalue weighted by atomic mass is 35.5. The zero-order valence-electron chi connectivity index (χ0n) is 16.1. The average Bonchev–Trinajstić information content (AvgIpc) is 3.11. The number of amides is 2. The summed E-state index contributed by atoms with van der Waals surface area (Å²) in [4.78, 5) is 17.2. The third-order valence-electron chi connectivity index (χ3n) is 5.43. The smallest absolute Gasteiger partial charge is 0.317 e. The topological polar surface area (TPSA) is 35.6 Å². The van der Waals surface area contributed by atoms with Gasteiger partial charge in [-0.3, -0.25) is 0 Å². The second kappa shape index (κ2) is 9.95. The van der Waals surface area contributed by atoms with Crippen LogP contribution in [-0.2, 0) is 6.42 Å². The first-order chi connectivity index (χ1) is 13.2. The molecule has 1 N–H and O–H groups in total. The van der Waals surface area contributed by atoms with Gasteiger partial charge in [-0.15, -0.1) is 0 Å². The van der Waals surface area contributed by atoms with E-state index in [0.29, 0.717) is 18.5 Å². The summed E-state index contributed by atoms with van der Waals surface area (Å²) in [5.41, 5.74) is 1.15. The first-order valence-corrected chi connectivity index (χ1v) is 10.4. The van der Waals surface area contributed by atoms with Crippen molar-refractivity contribution in [2.75, 3.05) is 32.7 Å². The quantitative estimate of drug-likeness (QED) is 0.763. The molecular formula is C22H30ClN3O. The zero-order chi connectivity index (χ0) is 19.1. The van der Waals surface area contributed by atoms with Crippen LogP contribution in [0.4, 0.5) is 4.79 Å². The maximum absolute atomic E-state index is 12.7. The lowest BCUT2D eigenvalue weighted by Gasteiger charge is -2.29. The second-order valence-electron chi connectivity index (χ2n) is 7.41. The molecule has 27 heavy (non-hydrogen) atoms. The van der Waals surface area contributed by atoms with Gasteiger partial charge < -0.3 is 15.1 Å². The Hall–Kier alpha value is -1.78. The number of likely N-dealkylation sites (tertiary alicyclic amines) is 1. The number of allylic oxidation sites excluding steroid dienone is 3. The largest absolute Gasteiger partial charge is 0.338 e. The van der Waals surface area contributed by atoms with Gasteiger partial charge in [-0.25, -0.2) is 4.79 Å². The Labute approximate surface area is 167 Å². The summed E-state index contributed by atoms with van der Waals surface area (Å²) in [7, 11) is 0. The van der Waals surface area contributed by atoms with Crippen LogP contribution >= 0.6 is 11.6 Å². The molecule has 0 spiro atoms. The lowest BCUT2D eigenvalue weighted by molar-refractivity contribution is 0.176. The molecular weight excluding hydrogens is 358 g/mol. The van der Waals surface area contributed by atoms with Crippen molar-refractivity contribution in [1.29, 1.82) is 0 Å². The monoisotopic (exact) mass is 387 g/mol. The molecule has 5 heteroatoms. The van der Waals surface area contributed by atoms with E-state index in [1.807, 2.05) is 29.2 Å². The molecule has 0 bridgehead atoms. The number of likely N-dealkylation sites (N-methyl/N-ethyl adjacent to an activating group) is 1. The molecule has 2 amide bonds. The SMILES string of the molecule is CCN(C(=O)NCCc1cccc(Cl)c1)C1CCN(CC2C=CC=CC2)C1. The molecule has 1 saturated heterocycles. The van der Waals surface area contributed by atoms with Gasteiger partial charge in [0, 0.05) is 43.8 Å². The van der Waals surface area contributed by atoms with E-state index in [2.05, 4.69) is 41.4 Å². The molecule has 2 atom stereocenters. The van der Waals surface area contributed by atoms with Crippen molar-refractivity contribution in [3.8, 4) is 0 Å². The fourth-order valence-corrected chi connectivity index (χ4v) is 4.22. The summed E-state index contributed by atoms with van der Waals surface area (Å²) >= 11 is 6.02. The van der Waals surface area contributed by atoms with E-state index in [9.17, 15) is 4.79 Å². The van der Waals surface area contributed by atoms with Crippen LogP contribution < -0.4 is 5.32 Å². The standard InChI is InChI=1S/C22H30ClN3O/c1-2-26(22(27)24-13-11-18-9-6-10-20(23)15-18)21-12-14-25(17-21)16-19-7-4-3-5-8-19/h3-7,9-10,15,19,21H,2,8,11-14,16-17H2,1H3,(H,24,27). The number of hydrogen-bond acceptors (Lipinski definition) is 2. The summed E-state index contributed by atoms with van der Waals surface area (Å²) in [5, 5.41) is 3.82. The van der Waals surface area contributed by atoms with Crippen molar-refractivity contribution in [1.82, 2.24) is 15.1 Å². The molecule has 0 radical (unpaired) electrons. The summed E-state index contributed by atoms with van der Waals surface area (Å²) in [6.45, 7) is 6.58.